The number of carbonyl (C=O) groups excluding carboxylic acids is 1. The van der Waals surface area contributed by atoms with Crippen molar-refractivity contribution < 1.29 is 19.4 Å². The molecule has 0 aromatic heterocycles. The van der Waals surface area contributed by atoms with Crippen LogP contribution in [0.1, 0.15) is 21.5 Å². The molecule has 22 heavy (non-hydrogen) atoms. The number of fused-ring (bicyclic) bond motifs is 1. The lowest BCUT2D eigenvalue weighted by molar-refractivity contribution is 0.104. The van der Waals surface area contributed by atoms with Crippen molar-refractivity contribution in [2.45, 2.75) is 6.42 Å². The topological polar surface area (TPSA) is 55.8 Å². The number of rotatable bonds is 3. The van der Waals surface area contributed by atoms with Crippen molar-refractivity contribution in [1.29, 1.82) is 0 Å². The number of phenols is 1. The lowest BCUT2D eigenvalue weighted by atomic mass is 10.1. The first-order valence-electron chi connectivity index (χ1n) is 6.91. The molecule has 0 saturated heterocycles. The highest BCUT2D eigenvalue weighted by atomic mass is 16.5. The van der Waals surface area contributed by atoms with Gasteiger partial charge in [0.25, 0.3) is 0 Å². The van der Waals surface area contributed by atoms with E-state index in [9.17, 15) is 9.90 Å². The van der Waals surface area contributed by atoms with Gasteiger partial charge in [0, 0.05) is 17.6 Å². The van der Waals surface area contributed by atoms with Gasteiger partial charge in [-0.1, -0.05) is 12.1 Å². The number of benzene rings is 2. The van der Waals surface area contributed by atoms with Crippen LogP contribution >= 0.6 is 0 Å². The molecule has 0 radical (unpaired) electrons. The molecule has 0 saturated carbocycles. The summed E-state index contributed by atoms with van der Waals surface area (Å²) in [4.78, 5) is 12.4. The third-order valence-electron chi connectivity index (χ3n) is 3.78. The van der Waals surface area contributed by atoms with Crippen LogP contribution in [0.5, 0.6) is 17.2 Å². The third kappa shape index (κ3) is 2.44. The fourth-order valence-corrected chi connectivity index (χ4v) is 2.61. The van der Waals surface area contributed by atoms with Crippen LogP contribution in [-0.4, -0.2) is 25.1 Å². The highest BCUT2D eigenvalue weighted by Crippen LogP contribution is 2.36. The summed E-state index contributed by atoms with van der Waals surface area (Å²) >= 11 is 0. The molecule has 0 spiro atoms. The Balaban J connectivity index is 1.94. The van der Waals surface area contributed by atoms with E-state index < -0.39 is 0 Å². The number of Topliss-reactive ketones (excluding diaryl/α,β-unsaturated/α-hetero) is 1. The molecule has 0 fully saturated rings. The van der Waals surface area contributed by atoms with Gasteiger partial charge in [-0.3, -0.25) is 4.79 Å². The Bertz CT molecular complexity index is 757. The Labute approximate surface area is 128 Å². The minimum absolute atomic E-state index is 0.0136. The summed E-state index contributed by atoms with van der Waals surface area (Å²) in [5.74, 6) is 1.10. The number of hydrogen-bond acceptors (Lipinski definition) is 4. The predicted molar refractivity (Wildman–Crippen MR) is 83.7 cm³/mol. The Hall–Kier alpha value is -2.75. The first-order valence-corrected chi connectivity index (χ1v) is 6.91. The smallest absolute Gasteiger partial charge is 0.189 e. The molecule has 4 heteroatoms. The van der Waals surface area contributed by atoms with Crippen molar-refractivity contribution in [3.63, 3.8) is 0 Å². The van der Waals surface area contributed by atoms with Crippen LogP contribution < -0.4 is 9.47 Å². The summed E-state index contributed by atoms with van der Waals surface area (Å²) in [5, 5.41) is 9.82. The monoisotopic (exact) mass is 296 g/mol. The summed E-state index contributed by atoms with van der Waals surface area (Å²) in [7, 11) is 3.11. The zero-order valence-corrected chi connectivity index (χ0v) is 12.4. The van der Waals surface area contributed by atoms with Gasteiger partial charge in [-0.15, -0.1) is 0 Å². The average molecular weight is 296 g/mol. The third-order valence-corrected chi connectivity index (χ3v) is 3.78. The molecule has 1 aliphatic rings. The Morgan fingerprint density at radius 3 is 2.45 bits per heavy atom. The lowest BCUT2D eigenvalue weighted by Crippen LogP contribution is -1.95. The maximum absolute atomic E-state index is 12.4. The van der Waals surface area contributed by atoms with Gasteiger partial charge in [0.1, 0.15) is 5.75 Å². The molecule has 0 aliphatic heterocycles. The highest BCUT2D eigenvalue weighted by Gasteiger charge is 2.26. The van der Waals surface area contributed by atoms with Crippen molar-refractivity contribution >= 4 is 11.9 Å². The number of phenolic OH excluding ortho intramolecular Hbond substituents is 1. The van der Waals surface area contributed by atoms with Crippen molar-refractivity contribution in [3.8, 4) is 17.2 Å². The summed E-state index contributed by atoms with van der Waals surface area (Å²) < 4.78 is 10.2. The number of methoxy groups -OCH3 is 2. The van der Waals surface area contributed by atoms with Crippen LogP contribution in [0.4, 0.5) is 0 Å². The van der Waals surface area contributed by atoms with E-state index in [-0.39, 0.29) is 11.5 Å². The van der Waals surface area contributed by atoms with Gasteiger partial charge in [0.15, 0.2) is 17.3 Å². The van der Waals surface area contributed by atoms with Crippen LogP contribution in [0.2, 0.25) is 0 Å². The number of allylic oxidation sites excluding steroid dienone is 1. The second kappa shape index (κ2) is 5.56. The first kappa shape index (κ1) is 14.2. The number of hydrogen-bond donors (Lipinski definition) is 1. The molecule has 1 N–H and O–H groups in total. The van der Waals surface area contributed by atoms with E-state index in [1.54, 1.807) is 13.2 Å². The van der Waals surface area contributed by atoms with Crippen molar-refractivity contribution in [2.24, 2.45) is 0 Å². The van der Waals surface area contributed by atoms with Gasteiger partial charge in [0.05, 0.1) is 14.2 Å². The second-order valence-electron chi connectivity index (χ2n) is 5.13. The van der Waals surface area contributed by atoms with Gasteiger partial charge < -0.3 is 14.6 Å². The van der Waals surface area contributed by atoms with Crippen LogP contribution in [0.15, 0.2) is 42.0 Å². The molecule has 0 bridgehead atoms. The SMILES string of the molecule is COc1ccc(/C=C2\Cc3cc(OC)c(O)cc3C2=O)cc1. The quantitative estimate of drug-likeness (QED) is 0.884. The van der Waals surface area contributed by atoms with Crippen LogP contribution in [0, 0.1) is 0 Å². The summed E-state index contributed by atoms with van der Waals surface area (Å²) in [5.41, 5.74) is 3.05. The van der Waals surface area contributed by atoms with Crippen molar-refractivity contribution in [1.82, 2.24) is 0 Å². The molecule has 1 aliphatic carbocycles. The van der Waals surface area contributed by atoms with Crippen molar-refractivity contribution in [2.75, 3.05) is 14.2 Å². The number of carbonyl (C=O) groups is 1. The minimum Gasteiger partial charge on any atom is -0.504 e. The average Bonchev–Trinajstić information content (AvgIpc) is 2.83. The Kier molecular flexibility index (Phi) is 3.59. The van der Waals surface area contributed by atoms with E-state index in [1.165, 1.54) is 13.2 Å². The number of ketones is 1. The molecule has 0 amide bonds. The number of aromatic hydroxyl groups is 1. The van der Waals surface area contributed by atoms with E-state index >= 15 is 0 Å². The molecular formula is C18H16O4. The predicted octanol–water partition coefficient (Wildman–Crippen LogP) is 3.23. The molecule has 4 nitrogen and oxygen atoms in total. The van der Waals surface area contributed by atoms with Crippen LogP contribution in [0.3, 0.4) is 0 Å². The van der Waals surface area contributed by atoms with E-state index in [2.05, 4.69) is 0 Å². The molecule has 2 aromatic rings. The van der Waals surface area contributed by atoms with Gasteiger partial charge >= 0.3 is 0 Å². The first-order chi connectivity index (χ1) is 10.6. The Morgan fingerprint density at radius 1 is 1.09 bits per heavy atom. The molecular weight excluding hydrogens is 280 g/mol. The maximum atomic E-state index is 12.4. The largest absolute Gasteiger partial charge is 0.504 e. The summed E-state index contributed by atoms with van der Waals surface area (Å²) in [6.45, 7) is 0. The van der Waals surface area contributed by atoms with E-state index in [0.717, 1.165) is 16.9 Å². The highest BCUT2D eigenvalue weighted by molar-refractivity contribution is 6.15. The van der Waals surface area contributed by atoms with Gasteiger partial charge in [-0.05, 0) is 41.5 Å². The fourth-order valence-electron chi connectivity index (χ4n) is 2.61. The van der Waals surface area contributed by atoms with Crippen LogP contribution in [0.25, 0.3) is 6.08 Å². The van der Waals surface area contributed by atoms with Crippen molar-refractivity contribution in [3.05, 3.63) is 58.7 Å². The molecule has 0 atom stereocenters. The maximum Gasteiger partial charge on any atom is 0.189 e. The normalized spacial score (nSPS) is 15.0. The summed E-state index contributed by atoms with van der Waals surface area (Å²) in [6, 6.07) is 10.7. The zero-order chi connectivity index (χ0) is 15.7. The van der Waals surface area contributed by atoms with E-state index in [1.807, 2.05) is 30.3 Å². The van der Waals surface area contributed by atoms with E-state index in [0.29, 0.717) is 23.3 Å². The zero-order valence-electron chi connectivity index (χ0n) is 12.4. The lowest BCUT2D eigenvalue weighted by Gasteiger charge is -2.05. The summed E-state index contributed by atoms with van der Waals surface area (Å²) in [6.07, 6.45) is 2.40. The van der Waals surface area contributed by atoms with Gasteiger partial charge in [-0.25, -0.2) is 0 Å². The molecule has 112 valence electrons. The minimum atomic E-state index is -0.0521. The molecule has 3 rings (SSSR count). The van der Waals surface area contributed by atoms with Gasteiger partial charge in [0.2, 0.25) is 0 Å². The number of ether oxygens (including phenoxy) is 2. The standard InChI is InChI=1S/C18H16O4/c1-21-14-5-3-11(4-6-14)7-13-8-12-9-17(22-2)16(19)10-15(12)18(13)20/h3-7,9-10,19H,8H2,1-2H3/b13-7+. The molecule has 0 unspecified atom stereocenters. The second-order valence-corrected chi connectivity index (χ2v) is 5.13. The Morgan fingerprint density at radius 2 is 1.82 bits per heavy atom. The fraction of sp³-hybridized carbons (Fsp3) is 0.167. The molecule has 0 heterocycles. The molecule has 2 aromatic carbocycles. The van der Waals surface area contributed by atoms with Crippen LogP contribution in [-0.2, 0) is 6.42 Å². The van der Waals surface area contributed by atoms with E-state index in [4.69, 9.17) is 9.47 Å². The van der Waals surface area contributed by atoms with Gasteiger partial charge in [-0.2, -0.15) is 0 Å².